The molecule has 0 atom stereocenters. The number of aryl methyl sites for hydroxylation is 4. The number of halogens is 1. The second-order valence-corrected chi connectivity index (χ2v) is 6.68. The van der Waals surface area contributed by atoms with Gasteiger partial charge in [0, 0.05) is 35.5 Å². The van der Waals surface area contributed by atoms with E-state index in [9.17, 15) is 0 Å². The number of rotatable bonds is 4. The van der Waals surface area contributed by atoms with Crippen LogP contribution in [0.1, 0.15) is 33.0 Å². The topological polar surface area (TPSA) is 29.9 Å². The van der Waals surface area contributed by atoms with Crippen LogP contribution in [0, 0.1) is 6.92 Å². The Balaban J connectivity index is 1.60. The number of hydrogen-bond donors (Lipinski definition) is 1. The molecule has 102 valence electrons. The second-order valence-electron chi connectivity index (χ2n) is 5.10. The Morgan fingerprint density at radius 1 is 1.42 bits per heavy atom. The normalized spacial score (nSPS) is 14.1. The molecule has 0 radical (unpaired) electrons. The van der Waals surface area contributed by atoms with Crippen molar-refractivity contribution >= 4 is 22.9 Å². The smallest absolute Gasteiger partial charge is 0.131 e. The van der Waals surface area contributed by atoms with E-state index in [-0.39, 0.29) is 0 Å². The highest BCUT2D eigenvalue weighted by Gasteiger charge is 2.15. The lowest BCUT2D eigenvalue weighted by molar-refractivity contribution is 0.697. The van der Waals surface area contributed by atoms with E-state index in [1.165, 1.54) is 24.1 Å². The number of aromatic nitrogens is 2. The van der Waals surface area contributed by atoms with Gasteiger partial charge in [-0.25, -0.2) is 0 Å². The molecular formula is C14H18ClN3S. The van der Waals surface area contributed by atoms with Crippen molar-refractivity contribution < 1.29 is 0 Å². The quantitative estimate of drug-likeness (QED) is 0.938. The number of hydrogen-bond acceptors (Lipinski definition) is 3. The van der Waals surface area contributed by atoms with Crippen molar-refractivity contribution in [3.05, 3.63) is 37.8 Å². The molecule has 0 saturated carbocycles. The summed E-state index contributed by atoms with van der Waals surface area (Å²) in [5.74, 6) is 0. The molecule has 1 N–H and O–H groups in total. The van der Waals surface area contributed by atoms with E-state index in [1.54, 1.807) is 15.1 Å². The Bertz CT molecular complexity index is 579. The molecule has 2 aromatic rings. The first-order chi connectivity index (χ1) is 9.15. The van der Waals surface area contributed by atoms with E-state index in [2.05, 4.69) is 16.5 Å². The third-order valence-corrected chi connectivity index (χ3v) is 5.38. The fraction of sp³-hybridized carbons (Fsp3) is 0.500. The highest BCUT2D eigenvalue weighted by molar-refractivity contribution is 7.12. The van der Waals surface area contributed by atoms with Crippen LogP contribution in [-0.4, -0.2) is 9.78 Å². The van der Waals surface area contributed by atoms with E-state index >= 15 is 0 Å². The minimum absolute atomic E-state index is 0.735. The first-order valence-corrected chi connectivity index (χ1v) is 7.83. The van der Waals surface area contributed by atoms with Crippen LogP contribution in [0.5, 0.6) is 0 Å². The minimum atomic E-state index is 0.735. The van der Waals surface area contributed by atoms with Crippen LogP contribution >= 0.6 is 22.9 Å². The zero-order chi connectivity index (χ0) is 13.4. The fourth-order valence-electron chi connectivity index (χ4n) is 2.66. The van der Waals surface area contributed by atoms with Crippen LogP contribution in [-0.2, 0) is 33.0 Å². The lowest BCUT2D eigenvalue weighted by atomic mass is 10.2. The molecule has 19 heavy (non-hydrogen) atoms. The molecule has 0 aliphatic heterocycles. The summed E-state index contributed by atoms with van der Waals surface area (Å²) in [5, 5.41) is 8.53. The third kappa shape index (κ3) is 2.57. The van der Waals surface area contributed by atoms with Gasteiger partial charge in [-0.3, -0.25) is 4.68 Å². The van der Waals surface area contributed by atoms with Gasteiger partial charge in [-0.05, 0) is 37.8 Å². The molecule has 5 heteroatoms. The summed E-state index contributed by atoms with van der Waals surface area (Å²) in [5.41, 5.74) is 3.68. The summed E-state index contributed by atoms with van der Waals surface area (Å²) in [7, 11) is 1.88. The summed E-state index contributed by atoms with van der Waals surface area (Å²) < 4.78 is 1.73. The van der Waals surface area contributed by atoms with E-state index < -0.39 is 0 Å². The minimum Gasteiger partial charge on any atom is -0.308 e. The Morgan fingerprint density at radius 3 is 2.95 bits per heavy atom. The molecule has 1 aliphatic rings. The zero-order valence-corrected chi connectivity index (χ0v) is 12.9. The number of thiophene rings is 1. The van der Waals surface area contributed by atoms with Gasteiger partial charge in [-0.15, -0.1) is 11.3 Å². The van der Waals surface area contributed by atoms with Crippen LogP contribution < -0.4 is 5.32 Å². The van der Waals surface area contributed by atoms with Gasteiger partial charge in [-0.2, -0.15) is 5.10 Å². The molecule has 0 fully saturated rings. The van der Waals surface area contributed by atoms with Crippen molar-refractivity contribution in [1.29, 1.82) is 0 Å². The van der Waals surface area contributed by atoms with Crippen molar-refractivity contribution in [3.63, 3.8) is 0 Å². The first-order valence-electron chi connectivity index (χ1n) is 6.64. The summed E-state index contributed by atoms with van der Waals surface area (Å²) in [6, 6.07) is 2.36. The van der Waals surface area contributed by atoms with Gasteiger partial charge >= 0.3 is 0 Å². The standard InChI is InChI=1S/C14H18ClN3S/c1-9-12(14(15)18(2)17-9)8-16-7-11-6-10-4-3-5-13(10)19-11/h6,16H,3-5,7-8H2,1-2H3. The third-order valence-electron chi connectivity index (χ3n) is 3.67. The van der Waals surface area contributed by atoms with E-state index in [0.29, 0.717) is 0 Å². The molecule has 0 aromatic carbocycles. The van der Waals surface area contributed by atoms with Crippen LogP contribution in [0.25, 0.3) is 0 Å². The van der Waals surface area contributed by atoms with Crippen LogP contribution in [0.4, 0.5) is 0 Å². The van der Waals surface area contributed by atoms with Gasteiger partial charge in [0.2, 0.25) is 0 Å². The molecule has 1 aliphatic carbocycles. The maximum Gasteiger partial charge on any atom is 0.131 e. The van der Waals surface area contributed by atoms with Crippen LogP contribution in [0.15, 0.2) is 6.07 Å². The summed E-state index contributed by atoms with van der Waals surface area (Å²) in [4.78, 5) is 3.02. The average molecular weight is 296 g/mol. The molecule has 2 aromatic heterocycles. The van der Waals surface area contributed by atoms with Crippen molar-refractivity contribution in [2.45, 2.75) is 39.3 Å². The predicted molar refractivity (Wildman–Crippen MR) is 79.8 cm³/mol. The van der Waals surface area contributed by atoms with E-state index in [1.807, 2.05) is 25.3 Å². The Labute approximate surface area is 122 Å². The van der Waals surface area contributed by atoms with Gasteiger partial charge in [0.1, 0.15) is 5.15 Å². The van der Waals surface area contributed by atoms with Gasteiger partial charge in [-0.1, -0.05) is 11.6 Å². The molecule has 0 saturated heterocycles. The molecule has 3 rings (SSSR count). The first kappa shape index (κ1) is 13.2. The van der Waals surface area contributed by atoms with E-state index in [0.717, 1.165) is 29.5 Å². The van der Waals surface area contributed by atoms with Crippen molar-refractivity contribution in [3.8, 4) is 0 Å². The number of nitrogens with zero attached hydrogens (tertiary/aromatic N) is 2. The predicted octanol–water partition coefficient (Wildman–Crippen LogP) is 3.22. The van der Waals surface area contributed by atoms with Crippen molar-refractivity contribution in [1.82, 2.24) is 15.1 Å². The molecular weight excluding hydrogens is 278 g/mol. The molecule has 0 bridgehead atoms. The van der Waals surface area contributed by atoms with Crippen LogP contribution in [0.2, 0.25) is 5.15 Å². The van der Waals surface area contributed by atoms with Crippen LogP contribution in [0.3, 0.4) is 0 Å². The summed E-state index contributed by atoms with van der Waals surface area (Å²) in [6.07, 6.45) is 3.87. The zero-order valence-electron chi connectivity index (χ0n) is 11.3. The Kier molecular flexibility index (Phi) is 3.65. The van der Waals surface area contributed by atoms with Gasteiger partial charge in [0.05, 0.1) is 5.69 Å². The molecule has 0 unspecified atom stereocenters. The number of nitrogens with one attached hydrogen (secondary N) is 1. The molecule has 0 spiro atoms. The monoisotopic (exact) mass is 295 g/mol. The maximum absolute atomic E-state index is 6.22. The maximum atomic E-state index is 6.22. The van der Waals surface area contributed by atoms with Gasteiger partial charge < -0.3 is 5.32 Å². The van der Waals surface area contributed by atoms with Crippen molar-refractivity contribution in [2.75, 3.05) is 0 Å². The fourth-order valence-corrected chi connectivity index (χ4v) is 4.13. The average Bonchev–Trinajstić information content (AvgIpc) is 2.99. The highest BCUT2D eigenvalue weighted by atomic mass is 35.5. The SMILES string of the molecule is Cc1nn(C)c(Cl)c1CNCc1cc2c(s1)CCC2. The summed E-state index contributed by atoms with van der Waals surface area (Å²) >= 11 is 8.17. The highest BCUT2D eigenvalue weighted by Crippen LogP contribution is 2.30. The second kappa shape index (κ2) is 5.27. The summed E-state index contributed by atoms with van der Waals surface area (Å²) in [6.45, 7) is 3.70. The lowest BCUT2D eigenvalue weighted by Crippen LogP contribution is -2.12. The van der Waals surface area contributed by atoms with Gasteiger partial charge in [0.25, 0.3) is 0 Å². The molecule has 2 heterocycles. The molecule has 3 nitrogen and oxygen atoms in total. The molecule has 0 amide bonds. The largest absolute Gasteiger partial charge is 0.308 e. The lowest BCUT2D eigenvalue weighted by Gasteiger charge is -2.03. The number of fused-ring (bicyclic) bond motifs is 1. The van der Waals surface area contributed by atoms with Gasteiger partial charge in [0.15, 0.2) is 0 Å². The Hall–Kier alpha value is -0.840. The van der Waals surface area contributed by atoms with E-state index in [4.69, 9.17) is 11.6 Å². The Morgan fingerprint density at radius 2 is 2.26 bits per heavy atom. The van der Waals surface area contributed by atoms with Crippen molar-refractivity contribution in [2.24, 2.45) is 7.05 Å².